The van der Waals surface area contributed by atoms with Crippen LogP contribution in [0.4, 0.5) is 10.1 Å². The molecule has 0 unspecified atom stereocenters. The summed E-state index contributed by atoms with van der Waals surface area (Å²) < 4.78 is 23.5. The third kappa shape index (κ3) is 5.48. The molecule has 0 aliphatic carbocycles. The van der Waals surface area contributed by atoms with E-state index >= 15 is 0 Å². The summed E-state index contributed by atoms with van der Waals surface area (Å²) in [5.41, 5.74) is 4.97. The van der Waals surface area contributed by atoms with Gasteiger partial charge in [-0.15, -0.1) is 0 Å². The number of carbonyl (C=O) groups excluding carboxylic acids is 2. The molecule has 0 fully saturated rings. The van der Waals surface area contributed by atoms with Gasteiger partial charge in [0.1, 0.15) is 17.3 Å². The number of nitrogens with one attached hydrogen (secondary N) is 2. The number of halogens is 1. The highest BCUT2D eigenvalue weighted by atomic mass is 19.1. The van der Waals surface area contributed by atoms with Crippen LogP contribution in [-0.2, 0) is 0 Å². The van der Waals surface area contributed by atoms with Crippen molar-refractivity contribution in [2.75, 3.05) is 19.5 Å². The second kappa shape index (κ2) is 10.2. The van der Waals surface area contributed by atoms with Crippen LogP contribution in [0.25, 0.3) is 0 Å². The first-order valence-electron chi connectivity index (χ1n) is 9.65. The zero-order valence-electron chi connectivity index (χ0n) is 17.8. The lowest BCUT2D eigenvalue weighted by atomic mass is 10.1. The van der Waals surface area contributed by atoms with Gasteiger partial charge in [-0.05, 0) is 67.6 Å². The van der Waals surface area contributed by atoms with Crippen LogP contribution in [0.15, 0.2) is 71.8 Å². The van der Waals surface area contributed by atoms with Crippen LogP contribution in [0, 0.1) is 5.82 Å². The van der Waals surface area contributed by atoms with Gasteiger partial charge in [0.2, 0.25) is 0 Å². The molecule has 0 heterocycles. The smallest absolute Gasteiger partial charge is 0.271 e. The maximum absolute atomic E-state index is 13.0. The molecule has 0 radical (unpaired) electrons. The maximum Gasteiger partial charge on any atom is 0.271 e. The molecule has 0 aliphatic heterocycles. The highest BCUT2D eigenvalue weighted by Gasteiger charge is 2.11. The van der Waals surface area contributed by atoms with E-state index < -0.39 is 11.7 Å². The third-order valence-electron chi connectivity index (χ3n) is 4.64. The van der Waals surface area contributed by atoms with Crippen LogP contribution in [0.1, 0.15) is 33.2 Å². The topological polar surface area (TPSA) is 89.0 Å². The summed E-state index contributed by atoms with van der Waals surface area (Å²) in [6, 6.07) is 16.8. The molecule has 0 atom stereocenters. The number of anilines is 1. The Morgan fingerprint density at radius 3 is 2.09 bits per heavy atom. The molecule has 0 spiro atoms. The molecule has 0 saturated heterocycles. The van der Waals surface area contributed by atoms with Gasteiger partial charge in [0, 0.05) is 28.4 Å². The van der Waals surface area contributed by atoms with Gasteiger partial charge in [-0.1, -0.05) is 0 Å². The monoisotopic (exact) mass is 435 g/mol. The van der Waals surface area contributed by atoms with Gasteiger partial charge in [-0.2, -0.15) is 5.10 Å². The fraction of sp³-hybridized carbons (Fsp3) is 0.125. The molecule has 32 heavy (non-hydrogen) atoms. The number of benzene rings is 3. The van der Waals surface area contributed by atoms with E-state index in [0.29, 0.717) is 39.6 Å². The van der Waals surface area contributed by atoms with E-state index in [4.69, 9.17) is 9.47 Å². The van der Waals surface area contributed by atoms with Crippen LogP contribution in [0.2, 0.25) is 0 Å². The first-order valence-corrected chi connectivity index (χ1v) is 9.65. The molecule has 3 rings (SSSR count). The van der Waals surface area contributed by atoms with Gasteiger partial charge in [-0.25, -0.2) is 9.82 Å². The minimum Gasteiger partial charge on any atom is -0.497 e. The predicted molar refractivity (Wildman–Crippen MR) is 120 cm³/mol. The largest absolute Gasteiger partial charge is 0.497 e. The Morgan fingerprint density at radius 2 is 1.47 bits per heavy atom. The Hall–Kier alpha value is -4.20. The number of ether oxygens (including phenoxy) is 2. The standard InChI is InChI=1S/C24H22FN3O4/c1-15(21-13-12-20(31-2)14-22(21)32-3)27-28-24(30)17-6-10-19(11-7-17)26-23(29)16-4-8-18(25)9-5-16/h4-14H,1-3H3,(H,26,29)(H,28,30). The minimum atomic E-state index is -0.416. The van der Waals surface area contributed by atoms with E-state index in [1.807, 2.05) is 0 Å². The number of hydrazone groups is 1. The van der Waals surface area contributed by atoms with Crippen molar-refractivity contribution < 1.29 is 23.5 Å². The number of nitrogens with zero attached hydrogens (tertiary/aromatic N) is 1. The summed E-state index contributed by atoms with van der Waals surface area (Å²) in [6.45, 7) is 1.75. The van der Waals surface area contributed by atoms with E-state index in [2.05, 4.69) is 15.8 Å². The van der Waals surface area contributed by atoms with Crippen molar-refractivity contribution in [3.8, 4) is 11.5 Å². The fourth-order valence-corrected chi connectivity index (χ4v) is 2.87. The van der Waals surface area contributed by atoms with Gasteiger partial charge in [0.15, 0.2) is 0 Å². The zero-order valence-corrected chi connectivity index (χ0v) is 17.8. The van der Waals surface area contributed by atoms with Crippen molar-refractivity contribution in [1.82, 2.24) is 5.43 Å². The summed E-state index contributed by atoms with van der Waals surface area (Å²) in [6.07, 6.45) is 0. The summed E-state index contributed by atoms with van der Waals surface area (Å²) in [5, 5.41) is 6.84. The molecule has 7 nitrogen and oxygen atoms in total. The Labute approximate surface area is 184 Å². The number of amides is 2. The number of carbonyl (C=O) groups is 2. The van der Waals surface area contributed by atoms with Crippen molar-refractivity contribution in [2.45, 2.75) is 6.92 Å². The molecule has 0 aromatic heterocycles. The van der Waals surface area contributed by atoms with Crippen molar-refractivity contribution in [1.29, 1.82) is 0 Å². The fourth-order valence-electron chi connectivity index (χ4n) is 2.87. The number of hydrogen-bond donors (Lipinski definition) is 2. The van der Waals surface area contributed by atoms with Crippen LogP contribution >= 0.6 is 0 Å². The SMILES string of the molecule is COc1ccc(C(C)=NNC(=O)c2ccc(NC(=O)c3ccc(F)cc3)cc2)c(OC)c1. The second-order valence-electron chi connectivity index (χ2n) is 6.74. The first-order chi connectivity index (χ1) is 15.4. The maximum atomic E-state index is 13.0. The lowest BCUT2D eigenvalue weighted by Crippen LogP contribution is -2.19. The van der Waals surface area contributed by atoms with Gasteiger partial charge in [0.05, 0.1) is 19.9 Å². The number of rotatable bonds is 7. The number of hydrogen-bond acceptors (Lipinski definition) is 5. The zero-order chi connectivity index (χ0) is 23.1. The minimum absolute atomic E-state index is 0.326. The van der Waals surface area contributed by atoms with Crippen molar-refractivity contribution >= 4 is 23.2 Å². The van der Waals surface area contributed by atoms with Crippen LogP contribution < -0.4 is 20.2 Å². The van der Waals surface area contributed by atoms with E-state index in [1.54, 1.807) is 63.6 Å². The molecule has 164 valence electrons. The average Bonchev–Trinajstić information content (AvgIpc) is 2.82. The van der Waals surface area contributed by atoms with Crippen LogP contribution in [0.5, 0.6) is 11.5 Å². The Morgan fingerprint density at radius 1 is 0.844 bits per heavy atom. The molecular formula is C24H22FN3O4. The summed E-state index contributed by atoms with van der Waals surface area (Å²) >= 11 is 0. The van der Waals surface area contributed by atoms with Gasteiger partial charge < -0.3 is 14.8 Å². The van der Waals surface area contributed by atoms with Gasteiger partial charge in [0.25, 0.3) is 11.8 Å². The first kappa shape index (κ1) is 22.5. The summed E-state index contributed by atoms with van der Waals surface area (Å²) in [5.74, 6) is 0.0134. The Balaban J connectivity index is 1.64. The Bertz CT molecular complexity index is 1140. The molecule has 3 aromatic carbocycles. The molecule has 3 aromatic rings. The molecule has 2 amide bonds. The van der Waals surface area contributed by atoms with E-state index in [-0.39, 0.29) is 5.91 Å². The molecule has 0 bridgehead atoms. The van der Waals surface area contributed by atoms with E-state index in [1.165, 1.54) is 24.3 Å². The quantitative estimate of drug-likeness (QED) is 0.429. The average molecular weight is 435 g/mol. The van der Waals surface area contributed by atoms with E-state index in [0.717, 1.165) is 0 Å². The molecular weight excluding hydrogens is 413 g/mol. The highest BCUT2D eigenvalue weighted by molar-refractivity contribution is 6.05. The molecule has 0 saturated carbocycles. The van der Waals surface area contributed by atoms with Crippen LogP contribution in [0.3, 0.4) is 0 Å². The molecule has 2 N–H and O–H groups in total. The van der Waals surface area contributed by atoms with Crippen molar-refractivity contribution in [3.05, 3.63) is 89.2 Å². The predicted octanol–water partition coefficient (Wildman–Crippen LogP) is 4.25. The van der Waals surface area contributed by atoms with Gasteiger partial charge >= 0.3 is 0 Å². The molecule has 8 heteroatoms. The van der Waals surface area contributed by atoms with Crippen molar-refractivity contribution in [3.63, 3.8) is 0 Å². The summed E-state index contributed by atoms with van der Waals surface area (Å²) in [4.78, 5) is 24.6. The van der Waals surface area contributed by atoms with Gasteiger partial charge in [-0.3, -0.25) is 9.59 Å². The third-order valence-corrected chi connectivity index (χ3v) is 4.64. The van der Waals surface area contributed by atoms with Crippen LogP contribution in [-0.4, -0.2) is 31.7 Å². The Kier molecular flexibility index (Phi) is 7.17. The van der Waals surface area contributed by atoms with Crippen molar-refractivity contribution in [2.24, 2.45) is 5.10 Å². The molecule has 0 aliphatic rings. The summed E-state index contributed by atoms with van der Waals surface area (Å²) in [7, 11) is 3.11. The lowest BCUT2D eigenvalue weighted by Gasteiger charge is -2.10. The number of methoxy groups -OCH3 is 2. The lowest BCUT2D eigenvalue weighted by molar-refractivity contribution is 0.0954. The highest BCUT2D eigenvalue weighted by Crippen LogP contribution is 2.25. The van der Waals surface area contributed by atoms with E-state index in [9.17, 15) is 14.0 Å². The normalized spacial score (nSPS) is 10.9. The second-order valence-corrected chi connectivity index (χ2v) is 6.74.